The van der Waals surface area contributed by atoms with Crippen LogP contribution in [0.5, 0.6) is 0 Å². The van der Waals surface area contributed by atoms with E-state index >= 15 is 0 Å². The predicted octanol–water partition coefficient (Wildman–Crippen LogP) is -0.737. The molecule has 30 valence electrons. The normalized spacial score (nSPS) is 11.8. The molecule has 3 nitrogen and oxygen atoms in total. The van der Waals surface area contributed by atoms with Crippen molar-refractivity contribution in [2.75, 3.05) is 0 Å². The minimum atomic E-state index is -0.676. The topological polar surface area (TPSA) is 58.5 Å². The van der Waals surface area contributed by atoms with E-state index < -0.39 is 5.90 Å². The summed E-state index contributed by atoms with van der Waals surface area (Å²) in [7, 11) is 0. The summed E-state index contributed by atoms with van der Waals surface area (Å²) in [5.41, 5.74) is 0. The molecule has 0 aromatic rings. The van der Waals surface area contributed by atoms with Gasteiger partial charge in [0.05, 0.1) is 0 Å². The minimum Gasteiger partial charge on any atom is -0.862 e. The Bertz CT molecular complexity index is 45.6. The van der Waals surface area contributed by atoms with Crippen molar-refractivity contribution in [3.05, 3.63) is 5.21 Å². The Hall–Kier alpha value is -0.730. The van der Waals surface area contributed by atoms with Gasteiger partial charge in [0.15, 0.2) is 0 Å². The van der Waals surface area contributed by atoms with Gasteiger partial charge in [-0.05, 0) is 6.92 Å². The summed E-state index contributed by atoms with van der Waals surface area (Å²) in [5.74, 6) is -0.676. The second kappa shape index (κ2) is 1.58. The fourth-order valence-corrected chi connectivity index (χ4v) is 0. The lowest BCUT2D eigenvalue weighted by molar-refractivity contribution is -0.215. The summed E-state index contributed by atoms with van der Waals surface area (Å²) in [6.45, 7) is 1.10. The smallest absolute Gasteiger partial charge is 0.0374 e. The summed E-state index contributed by atoms with van der Waals surface area (Å²) in [5, 5.41) is 20.2. The van der Waals surface area contributed by atoms with Crippen LogP contribution in [-0.2, 0) is 0 Å². The summed E-state index contributed by atoms with van der Waals surface area (Å²) in [6.07, 6.45) is 0. The third-order valence-corrected chi connectivity index (χ3v) is 0.129. The monoisotopic (exact) mass is 73.0 g/mol. The highest BCUT2D eigenvalue weighted by molar-refractivity contribution is 5.68. The molecule has 0 radical (unpaired) electrons. The van der Waals surface area contributed by atoms with E-state index in [1.54, 1.807) is 0 Å². The number of hydrogen-bond acceptors (Lipinski definition) is 3. The van der Waals surface area contributed by atoms with Crippen molar-refractivity contribution in [1.82, 2.24) is 0 Å². The highest BCUT2D eigenvalue weighted by Gasteiger charge is 1.44. The van der Waals surface area contributed by atoms with Gasteiger partial charge >= 0.3 is 0 Å². The SMILES string of the molecule is CC([O-])=N[O-]. The van der Waals surface area contributed by atoms with Crippen molar-refractivity contribution < 1.29 is 5.11 Å². The van der Waals surface area contributed by atoms with Gasteiger partial charge in [-0.25, -0.2) is 0 Å². The second-order valence-electron chi connectivity index (χ2n) is 0.610. The van der Waals surface area contributed by atoms with Crippen molar-refractivity contribution in [1.29, 1.82) is 0 Å². The quantitative estimate of drug-likeness (QED) is 0.215. The molecule has 0 fully saturated rings. The third-order valence-electron chi connectivity index (χ3n) is 0.129. The fourth-order valence-electron chi connectivity index (χ4n) is 0. The zero-order chi connectivity index (χ0) is 4.28. The van der Waals surface area contributed by atoms with Crippen LogP contribution in [0.2, 0.25) is 0 Å². The van der Waals surface area contributed by atoms with Gasteiger partial charge in [-0.3, -0.25) is 0 Å². The first-order valence-electron chi connectivity index (χ1n) is 1.11. The first-order chi connectivity index (χ1) is 2.27. The average Bonchev–Trinajstić information content (AvgIpc) is 1.38. The van der Waals surface area contributed by atoms with E-state index in [9.17, 15) is 5.11 Å². The van der Waals surface area contributed by atoms with E-state index in [0.29, 0.717) is 0 Å². The molecular weight excluding hydrogens is 70.0 g/mol. The number of rotatable bonds is 0. The van der Waals surface area contributed by atoms with E-state index in [4.69, 9.17) is 5.21 Å². The Balaban J connectivity index is 3.14. The van der Waals surface area contributed by atoms with Crippen LogP contribution >= 0.6 is 0 Å². The van der Waals surface area contributed by atoms with Crippen LogP contribution in [0, 0.1) is 5.21 Å². The lowest BCUT2D eigenvalue weighted by atomic mass is 10.8. The Morgan fingerprint density at radius 3 is 2.00 bits per heavy atom. The van der Waals surface area contributed by atoms with Gasteiger partial charge in [0.1, 0.15) is 0 Å². The van der Waals surface area contributed by atoms with E-state index in [0.717, 1.165) is 6.92 Å². The molecule has 0 unspecified atom stereocenters. The molecule has 0 bridgehead atoms. The molecule has 0 heterocycles. The van der Waals surface area contributed by atoms with Gasteiger partial charge in [0, 0.05) is 0 Å². The summed E-state index contributed by atoms with van der Waals surface area (Å²) in [4.78, 5) is 0. The van der Waals surface area contributed by atoms with Crippen LogP contribution < -0.4 is 5.11 Å². The summed E-state index contributed by atoms with van der Waals surface area (Å²) >= 11 is 0. The maximum atomic E-state index is 9.33. The molecule has 0 aliphatic carbocycles. The molecule has 0 N–H and O–H groups in total. The van der Waals surface area contributed by atoms with Crippen molar-refractivity contribution >= 4 is 5.90 Å². The number of nitrogens with zero attached hydrogens (tertiary/aromatic N) is 1. The molecule has 0 saturated carbocycles. The van der Waals surface area contributed by atoms with Crippen LogP contribution in [0.4, 0.5) is 0 Å². The van der Waals surface area contributed by atoms with Crippen LogP contribution in [-0.4, -0.2) is 5.90 Å². The summed E-state index contributed by atoms with van der Waals surface area (Å²) in [6, 6.07) is 0. The van der Waals surface area contributed by atoms with Gasteiger partial charge in [-0.1, -0.05) is 5.90 Å². The van der Waals surface area contributed by atoms with Crippen molar-refractivity contribution in [2.24, 2.45) is 5.16 Å². The Kier molecular flexibility index (Phi) is 1.35. The molecule has 0 aliphatic rings. The van der Waals surface area contributed by atoms with Gasteiger partial charge in [-0.2, -0.15) is 0 Å². The molecular formula is C2H3NO2-2. The molecule has 0 atom stereocenters. The van der Waals surface area contributed by atoms with E-state index in [1.807, 2.05) is 5.16 Å². The predicted molar refractivity (Wildman–Crippen MR) is 16.5 cm³/mol. The Labute approximate surface area is 29.5 Å². The minimum absolute atomic E-state index is 0.676. The molecule has 5 heavy (non-hydrogen) atoms. The van der Waals surface area contributed by atoms with E-state index in [1.165, 1.54) is 0 Å². The third kappa shape index (κ3) is 3.27. The lowest BCUT2D eigenvalue weighted by Crippen LogP contribution is -2.10. The molecule has 0 rings (SSSR count). The van der Waals surface area contributed by atoms with Crippen molar-refractivity contribution in [2.45, 2.75) is 6.92 Å². The first kappa shape index (κ1) is 4.27. The van der Waals surface area contributed by atoms with Gasteiger partial charge < -0.3 is 15.5 Å². The molecule has 0 spiro atoms. The van der Waals surface area contributed by atoms with E-state index in [2.05, 4.69) is 0 Å². The highest BCUT2D eigenvalue weighted by atomic mass is 16.5. The molecule has 3 heteroatoms. The van der Waals surface area contributed by atoms with Gasteiger partial charge in [0.2, 0.25) is 0 Å². The largest absolute Gasteiger partial charge is 0.862 e. The van der Waals surface area contributed by atoms with Crippen LogP contribution in [0.1, 0.15) is 6.92 Å². The first-order valence-corrected chi connectivity index (χ1v) is 1.11. The summed E-state index contributed by atoms with van der Waals surface area (Å²) < 4.78 is 0. The second-order valence-corrected chi connectivity index (χ2v) is 0.610. The van der Waals surface area contributed by atoms with E-state index in [-0.39, 0.29) is 0 Å². The van der Waals surface area contributed by atoms with Gasteiger partial charge in [-0.15, -0.1) is 0 Å². The standard InChI is InChI=1S/C2H5NO2/c1-2(4)3-5/h5H,1H3,(H,3,4)/p-2. The van der Waals surface area contributed by atoms with Crippen LogP contribution in [0.25, 0.3) is 0 Å². The zero-order valence-electron chi connectivity index (χ0n) is 2.76. The van der Waals surface area contributed by atoms with Crippen molar-refractivity contribution in [3.8, 4) is 0 Å². The molecule has 0 aliphatic heterocycles. The van der Waals surface area contributed by atoms with Crippen LogP contribution in [0.15, 0.2) is 5.16 Å². The fraction of sp³-hybridized carbons (Fsp3) is 0.500. The van der Waals surface area contributed by atoms with Crippen LogP contribution in [0.3, 0.4) is 0 Å². The molecule has 0 saturated heterocycles. The average molecular weight is 73.1 g/mol. The maximum absolute atomic E-state index is 9.33. The van der Waals surface area contributed by atoms with Gasteiger partial charge in [0.25, 0.3) is 0 Å². The molecule has 0 aromatic heterocycles. The number of hydrogen-bond donors (Lipinski definition) is 0. The molecule has 0 aromatic carbocycles. The molecule has 0 amide bonds. The zero-order valence-corrected chi connectivity index (χ0v) is 2.76. The van der Waals surface area contributed by atoms with Crippen molar-refractivity contribution in [3.63, 3.8) is 0 Å². The lowest BCUT2D eigenvalue weighted by Gasteiger charge is -2.01. The maximum Gasteiger partial charge on any atom is -0.0374 e. The Morgan fingerprint density at radius 1 is 1.80 bits per heavy atom. The Morgan fingerprint density at radius 2 is 2.00 bits per heavy atom. The highest BCUT2D eigenvalue weighted by Crippen LogP contribution is 1.54.